The molecule has 0 heterocycles. The van der Waals surface area contributed by atoms with Gasteiger partial charge >= 0.3 is 37.7 Å². The monoisotopic (exact) mass is 552 g/mol. The number of benzene rings is 2. The Hall–Kier alpha value is -1.22. The second-order valence-corrected chi connectivity index (χ2v) is 7.34. The Kier molecular flexibility index (Phi) is 11.6. The van der Waals surface area contributed by atoms with E-state index >= 15 is 0 Å². The van der Waals surface area contributed by atoms with Crippen molar-refractivity contribution in [3.05, 3.63) is 58.2 Å². The average molecular weight is 552 g/mol. The van der Waals surface area contributed by atoms with E-state index in [1.807, 2.05) is 0 Å². The summed E-state index contributed by atoms with van der Waals surface area (Å²) in [4.78, 5) is -4.75. The van der Waals surface area contributed by atoms with Crippen LogP contribution in [0, 0.1) is 58.2 Å². The second kappa shape index (κ2) is 11.3. The first-order chi connectivity index (χ1) is 13.4. The molecule has 0 aliphatic rings. The van der Waals surface area contributed by atoms with Crippen LogP contribution in [0.2, 0.25) is 0 Å². The first-order valence-electron chi connectivity index (χ1n) is 6.30. The van der Waals surface area contributed by atoms with Gasteiger partial charge in [-0.3, -0.25) is 0 Å². The van der Waals surface area contributed by atoms with E-state index in [2.05, 4.69) is 0 Å². The van der Waals surface area contributed by atoms with E-state index < -0.39 is 88.2 Å². The molecule has 0 unspecified atom stereocenters. The van der Waals surface area contributed by atoms with Gasteiger partial charge in [-0.15, -0.1) is 0 Å². The number of hydrogen-bond donors (Lipinski definition) is 0. The summed E-state index contributed by atoms with van der Waals surface area (Å²) >= 11 is 0. The zero-order valence-electron chi connectivity index (χ0n) is 14.3. The summed E-state index contributed by atoms with van der Waals surface area (Å²) in [5.41, 5.74) is 0. The van der Waals surface area contributed by atoms with E-state index in [-0.39, 0.29) is 43.2 Å². The number of rotatable bonds is 2. The molecule has 2 aromatic carbocycles. The summed E-state index contributed by atoms with van der Waals surface area (Å²) in [5.74, 6) is -25.7. The van der Waals surface area contributed by atoms with Gasteiger partial charge in [-0.05, 0) is 0 Å². The van der Waals surface area contributed by atoms with Gasteiger partial charge in [-0.1, -0.05) is 0 Å². The average Bonchev–Trinajstić information content (AvgIpc) is 2.60. The molecule has 0 radical (unpaired) electrons. The smallest absolute Gasteiger partial charge is 0.744 e. The summed E-state index contributed by atoms with van der Waals surface area (Å²) in [5, 5.41) is 0. The van der Waals surface area contributed by atoms with Crippen LogP contribution in [0.15, 0.2) is 9.79 Å². The summed E-state index contributed by atoms with van der Waals surface area (Å²) in [6, 6.07) is 0. The zero-order chi connectivity index (χ0) is 23.9. The van der Waals surface area contributed by atoms with Crippen molar-refractivity contribution in [2.75, 3.05) is 0 Å². The van der Waals surface area contributed by atoms with Crippen molar-refractivity contribution in [1.82, 2.24) is 0 Å². The molecule has 32 heavy (non-hydrogen) atoms. The second-order valence-electron chi connectivity index (χ2n) is 4.71. The molecule has 7 nitrogen and oxygen atoms in total. The van der Waals surface area contributed by atoms with Crippen molar-refractivity contribution < 1.29 is 75.3 Å². The van der Waals surface area contributed by atoms with Gasteiger partial charge in [0.1, 0.15) is 30.0 Å². The van der Waals surface area contributed by atoms with Crippen LogP contribution in [0.4, 0.5) is 43.9 Å². The molecule has 176 valence electrons. The molecule has 0 saturated carbocycles. The van der Waals surface area contributed by atoms with Crippen LogP contribution in [0.5, 0.6) is 0 Å². The maximum absolute atomic E-state index is 12.6. The van der Waals surface area contributed by atoms with Gasteiger partial charge in [0.25, 0.3) is 0 Å². The van der Waals surface area contributed by atoms with Gasteiger partial charge in [0.2, 0.25) is 11.6 Å². The van der Waals surface area contributed by atoms with E-state index in [1.54, 1.807) is 0 Å². The molecule has 0 aromatic heterocycles. The van der Waals surface area contributed by atoms with Crippen molar-refractivity contribution in [1.29, 1.82) is 0 Å². The topological polar surface area (TPSA) is 146 Å². The first-order valence-corrected chi connectivity index (χ1v) is 9.11. The van der Waals surface area contributed by atoms with Gasteiger partial charge in [-0.2, -0.15) is 0 Å². The third-order valence-electron chi connectivity index (χ3n) is 2.84. The first kappa shape index (κ1) is 33.0. The molecule has 0 aliphatic heterocycles. The molecule has 0 spiro atoms. The Morgan fingerprint density at radius 2 is 0.531 bits per heavy atom. The molecular formula is C12H2CaF10O7S2. The molecule has 20 heteroatoms. The SMILES string of the molecule is O.O=S(=O)([O-])c1c(F)c(F)c(F)c(F)c1F.O=S(=O)([O-])c1c(F)c(F)c(F)c(F)c1F.[Ca+2]. The van der Waals surface area contributed by atoms with Crippen molar-refractivity contribution in [3.8, 4) is 0 Å². The Bertz CT molecular complexity index is 1100. The molecular weight excluding hydrogens is 550 g/mol. The van der Waals surface area contributed by atoms with Gasteiger partial charge in [-0.25, -0.2) is 60.7 Å². The molecule has 0 amide bonds. The quantitative estimate of drug-likeness (QED) is 0.181. The molecule has 0 fully saturated rings. The fraction of sp³-hybridized carbons (Fsp3) is 0. The van der Waals surface area contributed by atoms with Crippen LogP contribution in [0.1, 0.15) is 0 Å². The third-order valence-corrected chi connectivity index (χ3v) is 4.56. The summed E-state index contributed by atoms with van der Waals surface area (Å²) in [6.45, 7) is 0. The predicted molar refractivity (Wildman–Crippen MR) is 77.8 cm³/mol. The Balaban J connectivity index is 0. The molecule has 0 bridgehead atoms. The minimum absolute atomic E-state index is 0. The fourth-order valence-electron chi connectivity index (χ4n) is 1.61. The Morgan fingerprint density at radius 1 is 0.406 bits per heavy atom. The van der Waals surface area contributed by atoms with Crippen LogP contribution < -0.4 is 0 Å². The fourth-order valence-corrected chi connectivity index (χ4v) is 2.84. The molecule has 2 rings (SSSR count). The van der Waals surface area contributed by atoms with Crippen molar-refractivity contribution in [2.24, 2.45) is 0 Å². The van der Waals surface area contributed by atoms with Crippen LogP contribution in [0.25, 0.3) is 0 Å². The molecule has 0 atom stereocenters. The van der Waals surface area contributed by atoms with E-state index in [0.29, 0.717) is 0 Å². The summed E-state index contributed by atoms with van der Waals surface area (Å²) in [7, 11) is -11.5. The maximum atomic E-state index is 12.6. The van der Waals surface area contributed by atoms with Crippen LogP contribution in [-0.4, -0.2) is 69.2 Å². The molecule has 2 aromatic rings. The maximum Gasteiger partial charge on any atom is 2.00 e. The number of hydrogen-bond acceptors (Lipinski definition) is 6. The number of halogens is 10. The normalized spacial score (nSPS) is 11.1. The predicted octanol–water partition coefficient (Wildman–Crippen LogP) is 1.37. The largest absolute Gasteiger partial charge is 2.00 e. The van der Waals surface area contributed by atoms with Crippen LogP contribution >= 0.6 is 0 Å². The zero-order valence-corrected chi connectivity index (χ0v) is 18.1. The molecule has 0 aliphatic carbocycles. The summed E-state index contributed by atoms with van der Waals surface area (Å²) in [6.07, 6.45) is 0. The van der Waals surface area contributed by atoms with E-state index in [4.69, 9.17) is 0 Å². The van der Waals surface area contributed by atoms with Crippen molar-refractivity contribution >= 4 is 58.0 Å². The van der Waals surface area contributed by atoms with Gasteiger partial charge in [0.15, 0.2) is 46.5 Å². The van der Waals surface area contributed by atoms with Crippen LogP contribution in [-0.2, 0) is 20.2 Å². The van der Waals surface area contributed by atoms with Crippen molar-refractivity contribution in [2.45, 2.75) is 9.79 Å². The van der Waals surface area contributed by atoms with Crippen molar-refractivity contribution in [3.63, 3.8) is 0 Å². The van der Waals surface area contributed by atoms with E-state index in [0.717, 1.165) is 0 Å². The van der Waals surface area contributed by atoms with E-state index in [1.165, 1.54) is 0 Å². The molecule has 0 saturated heterocycles. The van der Waals surface area contributed by atoms with Gasteiger partial charge in [0, 0.05) is 0 Å². The van der Waals surface area contributed by atoms with Gasteiger partial charge < -0.3 is 14.6 Å². The third kappa shape index (κ3) is 6.43. The Labute approximate surface area is 200 Å². The van der Waals surface area contributed by atoms with E-state index in [9.17, 15) is 69.8 Å². The van der Waals surface area contributed by atoms with Crippen LogP contribution in [0.3, 0.4) is 0 Å². The minimum atomic E-state index is -5.77. The molecule has 2 N–H and O–H groups in total. The Morgan fingerprint density at radius 3 is 0.656 bits per heavy atom. The minimum Gasteiger partial charge on any atom is -0.744 e. The van der Waals surface area contributed by atoms with Gasteiger partial charge in [0.05, 0.1) is 0 Å². The standard InChI is InChI=1S/2C6HF5O3S.Ca.H2O/c2*7-1-2(8)4(10)6(15(12,13)14)5(11)3(1)9;;/h2*(H,12,13,14);;1H2/q;;+2;/p-2. The summed E-state index contributed by atoms with van der Waals surface area (Å²) < 4.78 is 186.